The Hall–Kier alpha value is -4.17. The zero-order chi connectivity index (χ0) is 25.4. The van der Waals surface area contributed by atoms with Gasteiger partial charge in [0.15, 0.2) is 17.0 Å². The molecule has 8 heteroatoms. The molecule has 2 aliphatic heterocycles. The van der Waals surface area contributed by atoms with Gasteiger partial charge in [0.1, 0.15) is 0 Å². The van der Waals surface area contributed by atoms with E-state index >= 15 is 0 Å². The molecule has 0 aliphatic carbocycles. The minimum atomic E-state index is -1.60. The van der Waals surface area contributed by atoms with Crippen molar-refractivity contribution in [3.05, 3.63) is 90.0 Å². The molecule has 5 rings (SSSR count). The van der Waals surface area contributed by atoms with E-state index in [1.165, 1.54) is 13.2 Å². The van der Waals surface area contributed by atoms with Crippen molar-refractivity contribution in [1.82, 2.24) is 5.32 Å². The van der Waals surface area contributed by atoms with Crippen LogP contribution in [0.2, 0.25) is 0 Å². The highest BCUT2D eigenvalue weighted by Gasteiger charge is 2.69. The third-order valence-corrected chi connectivity index (χ3v) is 6.96. The lowest BCUT2D eigenvalue weighted by Crippen LogP contribution is -2.54. The van der Waals surface area contributed by atoms with Gasteiger partial charge in [-0.15, -0.1) is 0 Å². The third-order valence-electron chi connectivity index (χ3n) is 6.96. The fourth-order valence-corrected chi connectivity index (χ4v) is 5.43. The normalized spacial score (nSPS) is 25.1. The number of fused-ring (bicyclic) bond motifs is 1. The van der Waals surface area contributed by atoms with Crippen molar-refractivity contribution < 1.29 is 29.0 Å². The number of rotatable bonds is 6. The van der Waals surface area contributed by atoms with Gasteiger partial charge in [-0.3, -0.25) is 14.9 Å². The number of ether oxygens (including phenoxy) is 2. The molecular weight excluding hydrogens is 460 g/mol. The second-order valence-corrected chi connectivity index (χ2v) is 8.80. The molecule has 3 aromatic carbocycles. The second-order valence-electron chi connectivity index (χ2n) is 8.80. The molecule has 8 nitrogen and oxygen atoms in total. The number of imide groups is 1. The van der Waals surface area contributed by atoms with E-state index in [1.807, 2.05) is 6.07 Å². The van der Waals surface area contributed by atoms with E-state index in [4.69, 9.17) is 9.47 Å². The van der Waals surface area contributed by atoms with Crippen molar-refractivity contribution in [2.24, 2.45) is 11.8 Å². The summed E-state index contributed by atoms with van der Waals surface area (Å²) < 4.78 is 10.8. The minimum Gasteiger partial charge on any atom is -0.504 e. The Morgan fingerprint density at radius 3 is 2.31 bits per heavy atom. The highest BCUT2D eigenvalue weighted by Crippen LogP contribution is 2.54. The molecule has 3 aromatic rings. The molecular formula is C28H26N2O6. The van der Waals surface area contributed by atoms with Gasteiger partial charge in [0.05, 0.1) is 31.2 Å². The molecule has 2 aliphatic rings. The molecule has 0 unspecified atom stereocenters. The van der Waals surface area contributed by atoms with Gasteiger partial charge in [0.2, 0.25) is 11.8 Å². The zero-order valence-corrected chi connectivity index (χ0v) is 19.9. The largest absolute Gasteiger partial charge is 0.504 e. The van der Waals surface area contributed by atoms with Gasteiger partial charge in [0, 0.05) is 6.04 Å². The summed E-state index contributed by atoms with van der Waals surface area (Å²) >= 11 is 0. The van der Waals surface area contributed by atoms with Gasteiger partial charge in [-0.1, -0.05) is 54.6 Å². The van der Waals surface area contributed by atoms with Crippen molar-refractivity contribution in [2.75, 3.05) is 18.6 Å². The molecule has 0 radical (unpaired) electrons. The van der Waals surface area contributed by atoms with E-state index in [2.05, 4.69) is 5.32 Å². The number of phenolic OH excluding ortho intramolecular Hbond substituents is 1. The maximum Gasteiger partial charge on any atom is 0.331 e. The molecule has 0 saturated carbocycles. The number of carbonyl (C=O) groups is 3. The lowest BCUT2D eigenvalue weighted by molar-refractivity contribution is -0.155. The molecule has 2 heterocycles. The van der Waals surface area contributed by atoms with Gasteiger partial charge in [-0.2, -0.15) is 0 Å². The van der Waals surface area contributed by atoms with Crippen LogP contribution in [0, 0.1) is 11.8 Å². The molecule has 2 fully saturated rings. The summed E-state index contributed by atoms with van der Waals surface area (Å²) in [5, 5.41) is 13.5. The lowest BCUT2D eigenvalue weighted by atomic mass is 9.75. The number of benzene rings is 3. The molecule has 0 bridgehead atoms. The fourth-order valence-electron chi connectivity index (χ4n) is 5.43. The van der Waals surface area contributed by atoms with Crippen LogP contribution in [0.1, 0.15) is 24.1 Å². The van der Waals surface area contributed by atoms with Gasteiger partial charge >= 0.3 is 5.97 Å². The first-order valence-electron chi connectivity index (χ1n) is 11.7. The Morgan fingerprint density at radius 2 is 1.67 bits per heavy atom. The van der Waals surface area contributed by atoms with E-state index in [0.29, 0.717) is 16.8 Å². The minimum absolute atomic E-state index is 0.0600. The summed E-state index contributed by atoms with van der Waals surface area (Å²) in [4.78, 5) is 42.9. The number of hydrogen-bond donors (Lipinski definition) is 2. The molecule has 0 spiro atoms. The molecule has 0 aromatic heterocycles. The quantitative estimate of drug-likeness (QED) is 0.407. The highest BCUT2D eigenvalue weighted by atomic mass is 16.5. The number of amides is 2. The first-order valence-corrected chi connectivity index (χ1v) is 11.7. The van der Waals surface area contributed by atoms with Crippen LogP contribution < -0.4 is 15.0 Å². The monoisotopic (exact) mass is 486 g/mol. The van der Waals surface area contributed by atoms with Crippen molar-refractivity contribution in [3.8, 4) is 11.5 Å². The summed E-state index contributed by atoms with van der Waals surface area (Å²) in [6.07, 6.45) is 0. The van der Waals surface area contributed by atoms with E-state index in [-0.39, 0.29) is 18.1 Å². The number of nitrogens with one attached hydrogen (secondary N) is 1. The van der Waals surface area contributed by atoms with Crippen LogP contribution in [-0.4, -0.2) is 36.6 Å². The first kappa shape index (κ1) is 23.6. The Balaban J connectivity index is 1.73. The number of phenols is 1. The molecule has 36 heavy (non-hydrogen) atoms. The van der Waals surface area contributed by atoms with E-state index in [1.54, 1.807) is 73.7 Å². The van der Waals surface area contributed by atoms with Crippen LogP contribution in [0.4, 0.5) is 5.69 Å². The number of esters is 1. The number of methoxy groups -OCH3 is 1. The van der Waals surface area contributed by atoms with E-state index < -0.39 is 41.2 Å². The van der Waals surface area contributed by atoms with Crippen LogP contribution in [0.25, 0.3) is 0 Å². The lowest BCUT2D eigenvalue weighted by Gasteiger charge is -2.33. The number of hydrogen-bond acceptors (Lipinski definition) is 7. The molecule has 184 valence electrons. The van der Waals surface area contributed by atoms with E-state index in [0.717, 1.165) is 4.90 Å². The predicted molar refractivity (Wildman–Crippen MR) is 131 cm³/mol. The molecule has 4 atom stereocenters. The van der Waals surface area contributed by atoms with Crippen LogP contribution in [0.5, 0.6) is 11.5 Å². The number of aromatic hydroxyl groups is 1. The standard InChI is InChI=1S/C28H26N2O6/c1-3-36-27(34)28(18-10-6-4-7-11-18)23-22(24(29-28)17-14-15-20(31)21(16-17)35-2)25(32)30(26(23)33)19-12-8-5-9-13-19/h4-16,22-24,29,31H,3H2,1-2H3/t22-,23+,24-,28-/m1/s1. The Bertz CT molecular complexity index is 1310. The summed E-state index contributed by atoms with van der Waals surface area (Å²) in [7, 11) is 1.43. The second kappa shape index (κ2) is 9.13. The first-order chi connectivity index (χ1) is 17.4. The number of para-hydroxylation sites is 1. The highest BCUT2D eigenvalue weighted by molar-refractivity contribution is 6.24. The van der Waals surface area contributed by atoms with Crippen molar-refractivity contribution in [3.63, 3.8) is 0 Å². The number of anilines is 1. The number of nitrogens with zero attached hydrogens (tertiary/aromatic N) is 1. The van der Waals surface area contributed by atoms with Crippen LogP contribution in [0.15, 0.2) is 78.9 Å². The van der Waals surface area contributed by atoms with Crippen molar-refractivity contribution in [1.29, 1.82) is 0 Å². The SMILES string of the molecule is CCOC(=O)[C@]1(c2ccccc2)N[C@H](c2ccc(O)c(OC)c2)[C@@H]2C(=O)N(c3ccccc3)C(=O)[C@H]21. The fraction of sp³-hybridized carbons (Fsp3) is 0.250. The summed E-state index contributed by atoms with van der Waals surface area (Å²) in [6, 6.07) is 21.6. The van der Waals surface area contributed by atoms with Gasteiger partial charge < -0.3 is 14.6 Å². The van der Waals surface area contributed by atoms with E-state index in [9.17, 15) is 19.5 Å². The maximum atomic E-state index is 14.0. The smallest absolute Gasteiger partial charge is 0.331 e. The van der Waals surface area contributed by atoms with Gasteiger partial charge in [-0.05, 0) is 42.3 Å². The number of carbonyl (C=O) groups excluding carboxylic acids is 3. The van der Waals surface area contributed by atoms with Crippen LogP contribution >= 0.6 is 0 Å². The summed E-state index contributed by atoms with van der Waals surface area (Å²) in [5.74, 6) is -3.33. The third kappa shape index (κ3) is 3.45. The Labute approximate surface area is 208 Å². The Kier molecular flexibility index (Phi) is 5.97. The topological polar surface area (TPSA) is 105 Å². The Morgan fingerprint density at radius 1 is 1.00 bits per heavy atom. The zero-order valence-electron chi connectivity index (χ0n) is 19.9. The summed E-state index contributed by atoms with van der Waals surface area (Å²) in [5.41, 5.74) is -0.0381. The maximum absolute atomic E-state index is 14.0. The van der Waals surface area contributed by atoms with Gasteiger partial charge in [-0.25, -0.2) is 9.69 Å². The predicted octanol–water partition coefficient (Wildman–Crippen LogP) is 3.31. The average Bonchev–Trinajstić information content (AvgIpc) is 3.40. The van der Waals surface area contributed by atoms with Crippen LogP contribution in [-0.2, 0) is 24.7 Å². The molecule has 2 saturated heterocycles. The summed E-state index contributed by atoms with van der Waals surface area (Å²) in [6.45, 7) is 1.80. The van der Waals surface area contributed by atoms with Crippen LogP contribution in [0.3, 0.4) is 0 Å². The van der Waals surface area contributed by atoms with Crippen molar-refractivity contribution in [2.45, 2.75) is 18.5 Å². The average molecular weight is 487 g/mol. The molecule has 2 amide bonds. The van der Waals surface area contributed by atoms with Crippen molar-refractivity contribution >= 4 is 23.5 Å². The van der Waals surface area contributed by atoms with Gasteiger partial charge in [0.25, 0.3) is 0 Å². The molecule has 2 N–H and O–H groups in total.